The molecule has 0 spiro atoms. The van der Waals surface area contributed by atoms with Crippen molar-refractivity contribution in [1.82, 2.24) is 9.97 Å². The first-order chi connectivity index (χ1) is 4.70. The van der Waals surface area contributed by atoms with Crippen LogP contribution in [0.5, 0.6) is 0 Å². The Balaban J connectivity index is 3.12. The molecule has 5 nitrogen and oxygen atoms in total. The summed E-state index contributed by atoms with van der Waals surface area (Å²) in [6, 6.07) is 0. The summed E-state index contributed by atoms with van der Waals surface area (Å²) in [5, 5.41) is 0. The van der Waals surface area contributed by atoms with E-state index in [1.54, 1.807) is 0 Å². The summed E-state index contributed by atoms with van der Waals surface area (Å²) in [5.41, 5.74) is -0.561. The van der Waals surface area contributed by atoms with Gasteiger partial charge in [-0.3, -0.25) is 4.21 Å². The highest BCUT2D eigenvalue weighted by Crippen LogP contribution is 1.94. The van der Waals surface area contributed by atoms with Gasteiger partial charge in [0.05, 0.1) is 4.90 Å². The van der Waals surface area contributed by atoms with Crippen molar-refractivity contribution in [1.29, 1.82) is 0 Å². The van der Waals surface area contributed by atoms with Crippen molar-refractivity contribution in [2.24, 2.45) is 0 Å². The third kappa shape index (κ3) is 1.49. The second kappa shape index (κ2) is 2.72. The molecule has 0 aliphatic rings. The van der Waals surface area contributed by atoms with Gasteiger partial charge in [-0.05, 0) is 11.1 Å². The lowest BCUT2D eigenvalue weighted by Crippen LogP contribution is -2.09. The topological polar surface area (TPSA) is 85.9 Å². The fourth-order valence-electron chi connectivity index (χ4n) is 0.421. The molecule has 1 atom stereocenters. The summed E-state index contributed by atoms with van der Waals surface area (Å²) < 4.78 is 20.3. The number of hydrogen-bond donors (Lipinski definition) is 1. The van der Waals surface area contributed by atoms with Gasteiger partial charge in [-0.15, -0.1) is 0 Å². The van der Waals surface area contributed by atoms with Crippen LogP contribution in [-0.4, -0.2) is 18.7 Å². The van der Waals surface area contributed by atoms with Crippen molar-refractivity contribution >= 4 is 11.1 Å². The minimum absolute atomic E-state index is 0.0281. The molecular formula is C4H3N2O3S-. The van der Waals surface area contributed by atoms with Crippen molar-refractivity contribution in [3.63, 3.8) is 0 Å². The van der Waals surface area contributed by atoms with Crippen molar-refractivity contribution in [3.05, 3.63) is 22.9 Å². The van der Waals surface area contributed by atoms with Crippen LogP contribution < -0.4 is 5.69 Å². The van der Waals surface area contributed by atoms with Crippen molar-refractivity contribution in [2.45, 2.75) is 4.90 Å². The minimum Gasteiger partial charge on any atom is -0.768 e. The monoisotopic (exact) mass is 159 g/mol. The van der Waals surface area contributed by atoms with Crippen LogP contribution in [-0.2, 0) is 11.1 Å². The summed E-state index contributed by atoms with van der Waals surface area (Å²) in [7, 11) is 0. The largest absolute Gasteiger partial charge is 0.768 e. The molecule has 0 aliphatic carbocycles. The van der Waals surface area contributed by atoms with E-state index in [0.29, 0.717) is 0 Å². The van der Waals surface area contributed by atoms with Crippen LogP contribution in [0.4, 0.5) is 0 Å². The van der Waals surface area contributed by atoms with E-state index in [1.165, 1.54) is 0 Å². The van der Waals surface area contributed by atoms with Crippen LogP contribution in [0.2, 0.25) is 0 Å². The van der Waals surface area contributed by atoms with Gasteiger partial charge in [-0.1, -0.05) is 0 Å². The van der Waals surface area contributed by atoms with Gasteiger partial charge in [0, 0.05) is 12.4 Å². The van der Waals surface area contributed by atoms with Crippen LogP contribution in [0.3, 0.4) is 0 Å². The van der Waals surface area contributed by atoms with Gasteiger partial charge in [0.25, 0.3) is 0 Å². The third-order valence-electron chi connectivity index (χ3n) is 0.839. The molecule has 1 N–H and O–H groups in total. The van der Waals surface area contributed by atoms with E-state index < -0.39 is 16.8 Å². The fraction of sp³-hybridized carbons (Fsp3) is 0. The average molecular weight is 159 g/mol. The van der Waals surface area contributed by atoms with Crippen LogP contribution in [0.15, 0.2) is 22.1 Å². The number of hydrogen-bond acceptors (Lipinski definition) is 4. The summed E-state index contributed by atoms with van der Waals surface area (Å²) >= 11 is -2.32. The molecular weight excluding hydrogens is 156 g/mol. The first-order valence-corrected chi connectivity index (χ1v) is 3.41. The normalized spacial score (nSPS) is 12.9. The first kappa shape index (κ1) is 7.10. The molecule has 0 aromatic carbocycles. The van der Waals surface area contributed by atoms with Gasteiger partial charge in [0.1, 0.15) is 0 Å². The Kier molecular flexibility index (Phi) is 1.93. The molecule has 1 unspecified atom stereocenters. The smallest absolute Gasteiger partial charge is 0.344 e. The van der Waals surface area contributed by atoms with Crippen LogP contribution in [0, 0.1) is 0 Å². The molecule has 10 heavy (non-hydrogen) atoms. The Bertz CT molecular complexity index is 287. The fourth-order valence-corrected chi connectivity index (χ4v) is 0.715. The molecule has 54 valence electrons. The van der Waals surface area contributed by atoms with Crippen LogP contribution >= 0.6 is 0 Å². The maximum atomic E-state index is 10.3. The maximum absolute atomic E-state index is 10.3. The van der Waals surface area contributed by atoms with Gasteiger partial charge < -0.3 is 9.54 Å². The molecule has 0 fully saturated rings. The van der Waals surface area contributed by atoms with Gasteiger partial charge in [-0.25, -0.2) is 9.78 Å². The van der Waals surface area contributed by atoms with Crippen LogP contribution in [0.1, 0.15) is 0 Å². The number of aromatic amines is 1. The van der Waals surface area contributed by atoms with Gasteiger partial charge in [0.2, 0.25) is 0 Å². The molecule has 0 bridgehead atoms. The van der Waals surface area contributed by atoms with Crippen LogP contribution in [0.25, 0.3) is 0 Å². The third-order valence-corrected chi connectivity index (χ3v) is 1.45. The predicted octanol–water partition coefficient (Wildman–Crippen LogP) is -0.992. The number of H-pyrrole nitrogens is 1. The Hall–Kier alpha value is -1.01. The number of nitrogens with one attached hydrogen (secondary N) is 1. The minimum atomic E-state index is -2.32. The van der Waals surface area contributed by atoms with E-state index in [1.807, 2.05) is 0 Å². The lowest BCUT2D eigenvalue weighted by molar-refractivity contribution is 0.536. The Labute approximate surface area is 58.4 Å². The maximum Gasteiger partial charge on any atom is 0.344 e. The molecule has 0 saturated carbocycles. The van der Waals surface area contributed by atoms with E-state index in [9.17, 15) is 13.6 Å². The highest BCUT2D eigenvalue weighted by Gasteiger charge is 1.89. The van der Waals surface area contributed by atoms with Gasteiger partial charge in [-0.2, -0.15) is 0 Å². The van der Waals surface area contributed by atoms with E-state index >= 15 is 0 Å². The number of rotatable bonds is 1. The van der Waals surface area contributed by atoms with Crippen molar-refractivity contribution in [2.75, 3.05) is 0 Å². The summed E-state index contributed by atoms with van der Waals surface area (Å²) in [4.78, 5) is 15.6. The molecule has 1 heterocycles. The summed E-state index contributed by atoms with van der Waals surface area (Å²) in [6.45, 7) is 0. The summed E-state index contributed by atoms with van der Waals surface area (Å²) in [5.74, 6) is 0. The van der Waals surface area contributed by atoms with E-state index in [4.69, 9.17) is 0 Å². The molecule has 0 amide bonds. The molecule has 1 rings (SSSR count). The van der Waals surface area contributed by atoms with Crippen molar-refractivity contribution in [3.8, 4) is 0 Å². The summed E-state index contributed by atoms with van der Waals surface area (Å²) in [6.07, 6.45) is 2.07. The van der Waals surface area contributed by atoms with Gasteiger partial charge >= 0.3 is 5.69 Å². The number of aromatic nitrogens is 2. The zero-order chi connectivity index (χ0) is 7.56. The average Bonchev–Trinajstić information content (AvgIpc) is 1.88. The molecule has 0 radical (unpaired) electrons. The Morgan fingerprint density at radius 3 is 2.80 bits per heavy atom. The zero-order valence-electron chi connectivity index (χ0n) is 4.73. The molecule has 0 saturated heterocycles. The quantitative estimate of drug-likeness (QED) is 0.533. The highest BCUT2D eigenvalue weighted by molar-refractivity contribution is 7.79. The second-order valence-electron chi connectivity index (χ2n) is 1.49. The Morgan fingerprint density at radius 1 is 1.70 bits per heavy atom. The lowest BCUT2D eigenvalue weighted by atomic mass is 10.7. The predicted molar refractivity (Wildman–Crippen MR) is 32.0 cm³/mol. The molecule has 0 aliphatic heterocycles. The van der Waals surface area contributed by atoms with E-state index in [0.717, 1.165) is 12.4 Å². The molecule has 1 aromatic rings. The Morgan fingerprint density at radius 2 is 2.40 bits per heavy atom. The van der Waals surface area contributed by atoms with Crippen molar-refractivity contribution < 1.29 is 8.76 Å². The molecule has 1 aromatic heterocycles. The first-order valence-electron chi connectivity index (χ1n) is 2.34. The zero-order valence-corrected chi connectivity index (χ0v) is 5.55. The SMILES string of the molecule is O=c1ncc(S(=O)[O-])c[nH]1. The molecule has 6 heteroatoms. The number of nitrogens with zero attached hydrogens (tertiary/aromatic N) is 1. The highest BCUT2D eigenvalue weighted by atomic mass is 32.2. The van der Waals surface area contributed by atoms with E-state index in [-0.39, 0.29) is 4.90 Å². The lowest BCUT2D eigenvalue weighted by Gasteiger charge is -2.00. The van der Waals surface area contributed by atoms with E-state index in [2.05, 4.69) is 9.97 Å². The van der Waals surface area contributed by atoms with Gasteiger partial charge in [0.15, 0.2) is 0 Å². The second-order valence-corrected chi connectivity index (χ2v) is 2.43. The standard InChI is InChI=1S/C4H4N2O3S/c7-4-5-1-3(2-6-4)10(8)9/h1-2H,(H,8,9)(H,5,6,7)/p-1.